The van der Waals surface area contributed by atoms with Crippen LogP contribution in [-0.4, -0.2) is 6.61 Å². The van der Waals surface area contributed by atoms with E-state index in [0.717, 1.165) is 12.2 Å². The van der Waals surface area contributed by atoms with Crippen molar-refractivity contribution in [3.8, 4) is 5.75 Å². The van der Waals surface area contributed by atoms with Gasteiger partial charge in [-0.1, -0.05) is 64.0 Å². The normalized spacial score (nSPS) is 12.3. The van der Waals surface area contributed by atoms with E-state index in [0.29, 0.717) is 6.61 Å². The molecule has 0 saturated carbocycles. The predicted molar refractivity (Wildman–Crippen MR) is 87.1 cm³/mol. The highest BCUT2D eigenvalue weighted by molar-refractivity contribution is 5.28. The molecular formula is C18H31NO. The molecule has 0 aliphatic rings. The van der Waals surface area contributed by atoms with E-state index >= 15 is 0 Å². The van der Waals surface area contributed by atoms with Crippen molar-refractivity contribution in [2.45, 2.75) is 71.3 Å². The number of rotatable bonds is 11. The van der Waals surface area contributed by atoms with Gasteiger partial charge in [-0.15, -0.1) is 0 Å². The van der Waals surface area contributed by atoms with Crippen LogP contribution in [0.4, 0.5) is 0 Å². The van der Waals surface area contributed by atoms with Gasteiger partial charge in [-0.3, -0.25) is 0 Å². The van der Waals surface area contributed by atoms with Gasteiger partial charge in [0.15, 0.2) is 0 Å². The number of ether oxygens (including phenoxy) is 1. The first-order chi connectivity index (χ1) is 9.77. The molecule has 0 saturated heterocycles. The van der Waals surface area contributed by atoms with Crippen molar-refractivity contribution in [3.05, 3.63) is 29.8 Å². The van der Waals surface area contributed by atoms with Gasteiger partial charge in [-0.2, -0.15) is 0 Å². The molecule has 114 valence electrons. The fourth-order valence-electron chi connectivity index (χ4n) is 2.47. The van der Waals surface area contributed by atoms with Crippen molar-refractivity contribution in [3.63, 3.8) is 0 Å². The maximum atomic E-state index is 6.24. The second-order valence-corrected chi connectivity index (χ2v) is 5.52. The number of hydrogen-bond donors (Lipinski definition) is 1. The summed E-state index contributed by atoms with van der Waals surface area (Å²) in [7, 11) is 0. The van der Waals surface area contributed by atoms with Gasteiger partial charge in [0.1, 0.15) is 5.75 Å². The van der Waals surface area contributed by atoms with Crippen LogP contribution in [0, 0.1) is 0 Å². The quantitative estimate of drug-likeness (QED) is 0.562. The molecule has 0 aliphatic heterocycles. The Kier molecular flexibility index (Phi) is 9.14. The second kappa shape index (κ2) is 10.7. The van der Waals surface area contributed by atoms with Gasteiger partial charge in [0, 0.05) is 6.04 Å². The summed E-state index contributed by atoms with van der Waals surface area (Å²) in [6.07, 6.45) is 10.5. The van der Waals surface area contributed by atoms with Gasteiger partial charge in [-0.25, -0.2) is 0 Å². The first kappa shape index (κ1) is 17.0. The van der Waals surface area contributed by atoms with E-state index in [1.165, 1.54) is 50.5 Å². The van der Waals surface area contributed by atoms with Crippen LogP contribution in [0.2, 0.25) is 0 Å². The molecular weight excluding hydrogens is 246 g/mol. The Bertz CT molecular complexity index is 334. The van der Waals surface area contributed by atoms with Crippen LogP contribution in [0.25, 0.3) is 0 Å². The molecule has 0 spiro atoms. The topological polar surface area (TPSA) is 35.2 Å². The lowest BCUT2D eigenvalue weighted by molar-refractivity contribution is 0.340. The Morgan fingerprint density at radius 3 is 2.10 bits per heavy atom. The van der Waals surface area contributed by atoms with Crippen molar-refractivity contribution in [1.29, 1.82) is 0 Å². The zero-order chi connectivity index (χ0) is 14.6. The van der Waals surface area contributed by atoms with Crippen molar-refractivity contribution in [2.75, 3.05) is 6.61 Å². The fraction of sp³-hybridized carbons (Fsp3) is 0.667. The summed E-state index contributed by atoms with van der Waals surface area (Å²) >= 11 is 0. The SMILES string of the molecule is CCCCCCCCCC(N)c1ccc(OCC)cc1. The number of unbranched alkanes of at least 4 members (excludes halogenated alkanes) is 6. The van der Waals surface area contributed by atoms with Crippen LogP contribution in [0.3, 0.4) is 0 Å². The lowest BCUT2D eigenvalue weighted by Crippen LogP contribution is -2.10. The van der Waals surface area contributed by atoms with Gasteiger partial charge in [0.25, 0.3) is 0 Å². The molecule has 1 aromatic carbocycles. The molecule has 0 aliphatic carbocycles. The van der Waals surface area contributed by atoms with Crippen molar-refractivity contribution in [1.82, 2.24) is 0 Å². The largest absolute Gasteiger partial charge is 0.494 e. The summed E-state index contributed by atoms with van der Waals surface area (Å²) in [5, 5.41) is 0. The zero-order valence-corrected chi connectivity index (χ0v) is 13.2. The molecule has 1 rings (SSSR count). The first-order valence-electron chi connectivity index (χ1n) is 8.26. The van der Waals surface area contributed by atoms with Crippen molar-refractivity contribution < 1.29 is 4.74 Å². The third kappa shape index (κ3) is 6.95. The molecule has 0 aromatic heterocycles. The standard InChI is InChI=1S/C18H31NO/c1-3-5-6-7-8-9-10-11-18(19)16-12-14-17(15-13-16)20-4-2/h12-15,18H,3-11,19H2,1-2H3. The Morgan fingerprint density at radius 2 is 1.50 bits per heavy atom. The molecule has 1 unspecified atom stereocenters. The molecule has 2 N–H and O–H groups in total. The minimum Gasteiger partial charge on any atom is -0.494 e. The monoisotopic (exact) mass is 277 g/mol. The van der Waals surface area contributed by atoms with Crippen LogP contribution in [-0.2, 0) is 0 Å². The van der Waals surface area contributed by atoms with E-state index < -0.39 is 0 Å². The highest BCUT2D eigenvalue weighted by Gasteiger charge is 2.05. The molecule has 1 aromatic rings. The van der Waals surface area contributed by atoms with Crippen LogP contribution >= 0.6 is 0 Å². The van der Waals surface area contributed by atoms with Gasteiger partial charge < -0.3 is 10.5 Å². The van der Waals surface area contributed by atoms with Gasteiger partial charge >= 0.3 is 0 Å². The molecule has 0 bridgehead atoms. The Balaban J connectivity index is 2.17. The van der Waals surface area contributed by atoms with E-state index in [4.69, 9.17) is 10.5 Å². The van der Waals surface area contributed by atoms with Crippen LogP contribution in [0.5, 0.6) is 5.75 Å². The van der Waals surface area contributed by atoms with E-state index in [-0.39, 0.29) is 6.04 Å². The average Bonchev–Trinajstić information content (AvgIpc) is 2.47. The summed E-state index contributed by atoms with van der Waals surface area (Å²) in [6, 6.07) is 8.39. The number of benzene rings is 1. The van der Waals surface area contributed by atoms with Crippen molar-refractivity contribution in [2.24, 2.45) is 5.73 Å². The van der Waals surface area contributed by atoms with Gasteiger partial charge in [0.05, 0.1) is 6.61 Å². The minimum atomic E-state index is 0.168. The number of nitrogens with two attached hydrogens (primary N) is 1. The summed E-state index contributed by atoms with van der Waals surface area (Å²) < 4.78 is 5.45. The molecule has 0 fully saturated rings. The Morgan fingerprint density at radius 1 is 0.900 bits per heavy atom. The summed E-state index contributed by atoms with van der Waals surface area (Å²) in [5.41, 5.74) is 7.46. The average molecular weight is 277 g/mol. The van der Waals surface area contributed by atoms with Gasteiger partial charge in [0.2, 0.25) is 0 Å². The van der Waals surface area contributed by atoms with Crippen LogP contribution in [0.15, 0.2) is 24.3 Å². The molecule has 0 heterocycles. The summed E-state index contributed by atoms with van der Waals surface area (Å²) in [5.74, 6) is 0.930. The Labute approximate surface area is 124 Å². The molecule has 0 amide bonds. The summed E-state index contributed by atoms with van der Waals surface area (Å²) in [4.78, 5) is 0. The molecule has 2 heteroatoms. The maximum absolute atomic E-state index is 6.24. The fourth-order valence-corrected chi connectivity index (χ4v) is 2.47. The molecule has 20 heavy (non-hydrogen) atoms. The summed E-state index contributed by atoms with van der Waals surface area (Å²) in [6.45, 7) is 4.97. The highest BCUT2D eigenvalue weighted by Crippen LogP contribution is 2.21. The lowest BCUT2D eigenvalue weighted by atomic mass is 10.0. The first-order valence-corrected chi connectivity index (χ1v) is 8.26. The van der Waals surface area contributed by atoms with Crippen LogP contribution < -0.4 is 10.5 Å². The van der Waals surface area contributed by atoms with E-state index in [1.54, 1.807) is 0 Å². The lowest BCUT2D eigenvalue weighted by Gasteiger charge is -2.12. The highest BCUT2D eigenvalue weighted by atomic mass is 16.5. The van der Waals surface area contributed by atoms with E-state index in [2.05, 4.69) is 19.1 Å². The predicted octanol–water partition coefficient (Wildman–Crippen LogP) is 5.23. The smallest absolute Gasteiger partial charge is 0.119 e. The zero-order valence-electron chi connectivity index (χ0n) is 13.2. The second-order valence-electron chi connectivity index (χ2n) is 5.52. The van der Waals surface area contributed by atoms with E-state index in [9.17, 15) is 0 Å². The van der Waals surface area contributed by atoms with Gasteiger partial charge in [-0.05, 0) is 31.0 Å². The third-order valence-corrected chi connectivity index (χ3v) is 3.74. The third-order valence-electron chi connectivity index (χ3n) is 3.74. The van der Waals surface area contributed by atoms with E-state index in [1.807, 2.05) is 19.1 Å². The molecule has 1 atom stereocenters. The molecule has 0 radical (unpaired) electrons. The maximum Gasteiger partial charge on any atom is 0.119 e. The minimum absolute atomic E-state index is 0.168. The van der Waals surface area contributed by atoms with Crippen molar-refractivity contribution >= 4 is 0 Å². The number of hydrogen-bond acceptors (Lipinski definition) is 2. The Hall–Kier alpha value is -1.02. The van der Waals surface area contributed by atoms with Crippen LogP contribution in [0.1, 0.15) is 76.8 Å². The molecule has 2 nitrogen and oxygen atoms in total.